The third kappa shape index (κ3) is 22.2. The molecular weight excluding hydrogens is 306 g/mol. The molecule has 0 heterocycles. The molecule has 1 unspecified atom stereocenters. The van der Waals surface area contributed by atoms with Crippen molar-refractivity contribution in [3.63, 3.8) is 0 Å². The van der Waals surface area contributed by atoms with E-state index in [1.807, 2.05) is 0 Å². The lowest BCUT2D eigenvalue weighted by molar-refractivity contribution is -0.687. The summed E-state index contributed by atoms with van der Waals surface area (Å²) in [5.41, 5.74) is 0. The maximum absolute atomic E-state index is 8.78. The van der Waals surface area contributed by atoms with Crippen LogP contribution in [0.5, 0.6) is 0 Å². The maximum Gasteiger partial charge on any atom is 0.0992 e. The second-order valence-corrected chi connectivity index (χ2v) is 7.11. The molecule has 3 heteroatoms. The van der Waals surface area contributed by atoms with Gasteiger partial charge in [0.25, 0.3) is 0 Å². The molecule has 0 aliphatic carbocycles. The van der Waals surface area contributed by atoms with Crippen LogP contribution in [-0.2, 0) is 0 Å². The minimum absolute atomic E-state index is 0. The van der Waals surface area contributed by atoms with Crippen LogP contribution in [0, 0.1) is 0 Å². The third-order valence-corrected chi connectivity index (χ3v) is 4.71. The first-order chi connectivity index (χ1) is 10.8. The molecule has 0 rings (SSSR count). The van der Waals surface area contributed by atoms with E-state index in [9.17, 15) is 0 Å². The van der Waals surface area contributed by atoms with Gasteiger partial charge < -0.3 is 22.8 Å². The maximum atomic E-state index is 8.78. The van der Waals surface area contributed by atoms with Gasteiger partial charge in [-0.3, -0.25) is 0 Å². The van der Waals surface area contributed by atoms with E-state index in [1.54, 1.807) is 0 Å². The molecule has 0 fully saturated rings. The van der Waals surface area contributed by atoms with E-state index >= 15 is 0 Å². The third-order valence-electron chi connectivity index (χ3n) is 4.71. The zero-order chi connectivity index (χ0) is 16.3. The summed E-state index contributed by atoms with van der Waals surface area (Å²) in [5.74, 6) is 0. The molecule has 0 spiro atoms. The number of hydrogen-bond donors (Lipinski definition) is 2. The van der Waals surface area contributed by atoms with Gasteiger partial charge in [-0.1, -0.05) is 90.4 Å². The molecule has 0 saturated heterocycles. The van der Waals surface area contributed by atoms with E-state index in [0.717, 1.165) is 6.54 Å². The van der Waals surface area contributed by atoms with Gasteiger partial charge in [-0.05, 0) is 19.8 Å². The van der Waals surface area contributed by atoms with Gasteiger partial charge >= 0.3 is 0 Å². The predicted octanol–water partition coefficient (Wildman–Crippen LogP) is 1.81. The molecule has 0 aliphatic rings. The summed E-state index contributed by atoms with van der Waals surface area (Å²) in [6, 6.07) is 0.685. The van der Waals surface area contributed by atoms with Crippen molar-refractivity contribution in [2.75, 3.05) is 13.2 Å². The van der Waals surface area contributed by atoms with Gasteiger partial charge in [0, 0.05) is 0 Å². The number of nitrogens with two attached hydrogens (primary N) is 1. The fraction of sp³-hybridized carbons (Fsp3) is 1.00. The summed E-state index contributed by atoms with van der Waals surface area (Å²) in [7, 11) is 0. The van der Waals surface area contributed by atoms with E-state index in [1.165, 1.54) is 96.3 Å². The largest absolute Gasteiger partial charge is 1.00 e. The lowest BCUT2D eigenvalue weighted by Gasteiger charge is -2.09. The van der Waals surface area contributed by atoms with Crippen molar-refractivity contribution in [3.8, 4) is 0 Å². The van der Waals surface area contributed by atoms with Gasteiger partial charge in [-0.25, -0.2) is 0 Å². The van der Waals surface area contributed by atoms with Gasteiger partial charge in [0.15, 0.2) is 0 Å². The van der Waals surface area contributed by atoms with Crippen molar-refractivity contribution in [2.24, 2.45) is 0 Å². The molecule has 0 aromatic carbocycles. The normalized spacial score (nSPS) is 12.1. The number of hydrogen-bond acceptors (Lipinski definition) is 1. The zero-order valence-electron chi connectivity index (χ0n) is 16.0. The molecule has 0 aliphatic heterocycles. The van der Waals surface area contributed by atoms with Crippen molar-refractivity contribution in [3.05, 3.63) is 0 Å². The highest BCUT2D eigenvalue weighted by molar-refractivity contribution is 4.51. The Morgan fingerprint density at radius 3 is 1.48 bits per heavy atom. The molecule has 0 aromatic rings. The highest BCUT2D eigenvalue weighted by Crippen LogP contribution is 2.13. The quantitative estimate of drug-likeness (QED) is 0.364. The predicted molar refractivity (Wildman–Crippen MR) is 98.3 cm³/mol. The summed E-state index contributed by atoms with van der Waals surface area (Å²) in [5, 5.41) is 11.0. The molecule has 0 amide bonds. The van der Waals surface area contributed by atoms with Crippen LogP contribution < -0.4 is 17.7 Å². The summed E-state index contributed by atoms with van der Waals surface area (Å²) < 4.78 is 0. The van der Waals surface area contributed by atoms with Crippen LogP contribution in [-0.4, -0.2) is 24.3 Å². The van der Waals surface area contributed by atoms with Crippen LogP contribution in [0.3, 0.4) is 0 Å². The fourth-order valence-electron chi connectivity index (χ4n) is 3.14. The number of unbranched alkanes of at least 4 members (excludes halogenated alkanes) is 13. The Balaban J connectivity index is 0. The molecular formula is C20H44ClNO. The number of halogens is 1. The van der Waals surface area contributed by atoms with Crippen LogP contribution in [0.1, 0.15) is 110 Å². The van der Waals surface area contributed by atoms with Crippen LogP contribution >= 0.6 is 0 Å². The first-order valence-electron chi connectivity index (χ1n) is 10.3. The van der Waals surface area contributed by atoms with Crippen molar-refractivity contribution >= 4 is 0 Å². The standard InChI is InChI=1S/C20H43NO.ClH/c1-3-4-5-6-7-8-9-10-11-12-13-14-15-16-17-20(2)21-18-19-22;/h20-22H,3-19H2,1-2H3;1H. The van der Waals surface area contributed by atoms with Crippen molar-refractivity contribution < 1.29 is 22.8 Å². The molecule has 0 radical (unpaired) electrons. The average Bonchev–Trinajstić information content (AvgIpc) is 2.53. The molecule has 2 nitrogen and oxygen atoms in total. The summed E-state index contributed by atoms with van der Waals surface area (Å²) in [6.07, 6.45) is 21.4. The van der Waals surface area contributed by atoms with Crippen LogP contribution in [0.2, 0.25) is 0 Å². The van der Waals surface area contributed by atoms with E-state index in [0.29, 0.717) is 12.6 Å². The zero-order valence-corrected chi connectivity index (χ0v) is 16.8. The second-order valence-electron chi connectivity index (χ2n) is 7.11. The number of aliphatic hydroxyl groups excluding tert-OH is 1. The fourth-order valence-corrected chi connectivity index (χ4v) is 3.14. The average molecular weight is 350 g/mol. The molecule has 0 saturated carbocycles. The number of quaternary nitrogens is 1. The summed E-state index contributed by atoms with van der Waals surface area (Å²) >= 11 is 0. The first kappa shape index (κ1) is 25.5. The van der Waals surface area contributed by atoms with E-state index in [2.05, 4.69) is 19.2 Å². The molecule has 0 aromatic heterocycles. The Hall–Kier alpha value is 0.210. The van der Waals surface area contributed by atoms with E-state index < -0.39 is 0 Å². The van der Waals surface area contributed by atoms with Gasteiger partial charge in [0.2, 0.25) is 0 Å². The SMILES string of the molecule is CCCCCCCCCCCCCCCCC(C)[NH2+]CCO.[Cl-]. The van der Waals surface area contributed by atoms with Gasteiger partial charge in [-0.2, -0.15) is 0 Å². The minimum atomic E-state index is 0. The molecule has 0 bridgehead atoms. The Labute approximate surface area is 152 Å². The summed E-state index contributed by atoms with van der Waals surface area (Å²) in [4.78, 5) is 0. The molecule has 23 heavy (non-hydrogen) atoms. The van der Waals surface area contributed by atoms with Crippen molar-refractivity contribution in [2.45, 2.75) is 116 Å². The Morgan fingerprint density at radius 2 is 1.09 bits per heavy atom. The monoisotopic (exact) mass is 349 g/mol. The highest BCUT2D eigenvalue weighted by Gasteiger charge is 2.03. The molecule has 3 N–H and O–H groups in total. The van der Waals surface area contributed by atoms with Gasteiger partial charge in [-0.15, -0.1) is 0 Å². The minimum Gasteiger partial charge on any atom is -1.00 e. The molecule has 142 valence electrons. The second kappa shape index (κ2) is 22.2. The van der Waals surface area contributed by atoms with Crippen LogP contribution in [0.25, 0.3) is 0 Å². The van der Waals surface area contributed by atoms with Crippen LogP contribution in [0.15, 0.2) is 0 Å². The first-order valence-corrected chi connectivity index (χ1v) is 10.3. The van der Waals surface area contributed by atoms with Gasteiger partial charge in [0.05, 0.1) is 19.2 Å². The number of aliphatic hydroxyl groups is 1. The van der Waals surface area contributed by atoms with E-state index in [-0.39, 0.29) is 12.4 Å². The van der Waals surface area contributed by atoms with E-state index in [4.69, 9.17) is 5.11 Å². The lowest BCUT2D eigenvalue weighted by Crippen LogP contribution is -3.00. The highest BCUT2D eigenvalue weighted by atomic mass is 35.5. The van der Waals surface area contributed by atoms with Crippen molar-refractivity contribution in [1.29, 1.82) is 0 Å². The Morgan fingerprint density at radius 1 is 0.696 bits per heavy atom. The number of rotatable bonds is 18. The smallest absolute Gasteiger partial charge is 0.0992 e. The Bertz CT molecular complexity index is 202. The topological polar surface area (TPSA) is 36.8 Å². The lowest BCUT2D eigenvalue weighted by atomic mass is 10.0. The van der Waals surface area contributed by atoms with Crippen LogP contribution in [0.4, 0.5) is 0 Å². The van der Waals surface area contributed by atoms with Crippen molar-refractivity contribution in [1.82, 2.24) is 0 Å². The summed E-state index contributed by atoms with van der Waals surface area (Å²) in [6.45, 7) is 5.73. The van der Waals surface area contributed by atoms with Gasteiger partial charge in [0.1, 0.15) is 0 Å². The molecule has 1 atom stereocenters. The Kier molecular flexibility index (Phi) is 24.6.